The topological polar surface area (TPSA) is 132 Å². The van der Waals surface area contributed by atoms with Gasteiger partial charge in [-0.1, -0.05) is 46.4 Å². The van der Waals surface area contributed by atoms with Crippen molar-refractivity contribution in [2.45, 2.75) is 24.4 Å². The van der Waals surface area contributed by atoms with Crippen LogP contribution in [0.3, 0.4) is 0 Å². The van der Waals surface area contributed by atoms with Crippen LogP contribution in [0.2, 0.25) is 20.1 Å². The average molecular weight is 823 g/mol. The van der Waals surface area contributed by atoms with Gasteiger partial charge in [0.25, 0.3) is 11.6 Å². The van der Waals surface area contributed by atoms with E-state index in [-0.39, 0.29) is 44.7 Å². The molecule has 0 saturated heterocycles. The molecular formula is C38H36Cl4N2O10. The van der Waals surface area contributed by atoms with Gasteiger partial charge in [-0.2, -0.15) is 0 Å². The fourth-order valence-electron chi connectivity index (χ4n) is 6.36. The molecule has 6 rings (SSSR count). The van der Waals surface area contributed by atoms with E-state index in [0.717, 1.165) is 0 Å². The first-order chi connectivity index (χ1) is 25.9. The zero-order valence-electron chi connectivity index (χ0n) is 29.6. The standard InChI is InChI=1S/C38H36Cl4N2O10/c1-47-31-13-21-9-11-43-19-37(25(21)17-33(31)49-3,51-23-5-7-27(39)29(41)15-23)53-35(45)36(46)54-38(52-24-6-8-28(40)30(42)16-24)20-44-12-10-22-14-32(48-2)34(50-4)18-26(22)38/h5-8,13-18,43-44H,9-12,19-20H2,1-4H3. The molecular weight excluding hydrogens is 786 g/mol. The zero-order valence-corrected chi connectivity index (χ0v) is 32.6. The van der Waals surface area contributed by atoms with Crippen molar-refractivity contribution in [2.24, 2.45) is 0 Å². The first-order valence-electron chi connectivity index (χ1n) is 16.6. The van der Waals surface area contributed by atoms with Crippen molar-refractivity contribution in [3.8, 4) is 34.5 Å². The molecule has 12 nitrogen and oxygen atoms in total. The molecule has 0 amide bonds. The average Bonchev–Trinajstić information content (AvgIpc) is 3.44. The van der Waals surface area contributed by atoms with Crippen LogP contribution in [-0.4, -0.2) is 66.6 Å². The molecule has 2 aliphatic rings. The molecule has 0 aromatic heterocycles. The van der Waals surface area contributed by atoms with Gasteiger partial charge in [0.05, 0.1) is 61.6 Å². The van der Waals surface area contributed by atoms with E-state index in [2.05, 4.69) is 10.6 Å². The summed E-state index contributed by atoms with van der Waals surface area (Å²) in [5, 5.41) is 7.44. The summed E-state index contributed by atoms with van der Waals surface area (Å²) in [4.78, 5) is 28.5. The Hall–Kier alpha value is -4.30. The molecule has 0 fully saturated rings. The van der Waals surface area contributed by atoms with E-state index in [1.165, 1.54) is 52.7 Å². The molecule has 2 heterocycles. The second-order valence-corrected chi connectivity index (χ2v) is 13.9. The van der Waals surface area contributed by atoms with Gasteiger partial charge in [-0.3, -0.25) is 0 Å². The van der Waals surface area contributed by atoms with E-state index in [9.17, 15) is 9.59 Å². The molecule has 286 valence electrons. The zero-order chi connectivity index (χ0) is 38.6. The van der Waals surface area contributed by atoms with Crippen molar-refractivity contribution in [3.63, 3.8) is 0 Å². The molecule has 2 unspecified atom stereocenters. The minimum atomic E-state index is -1.97. The van der Waals surface area contributed by atoms with Gasteiger partial charge in [-0.15, -0.1) is 0 Å². The number of benzene rings is 4. The van der Waals surface area contributed by atoms with Crippen LogP contribution < -0.4 is 39.1 Å². The summed E-state index contributed by atoms with van der Waals surface area (Å²) < 4.78 is 47.6. The Morgan fingerprint density at radius 3 is 1.26 bits per heavy atom. The number of esters is 2. The molecule has 0 aliphatic carbocycles. The summed E-state index contributed by atoms with van der Waals surface area (Å²) in [5.74, 6) is -4.79. The van der Waals surface area contributed by atoms with Crippen LogP contribution in [0.1, 0.15) is 22.3 Å². The number of hydrogen-bond donors (Lipinski definition) is 2. The van der Waals surface area contributed by atoms with Crippen molar-refractivity contribution in [2.75, 3.05) is 54.6 Å². The van der Waals surface area contributed by atoms with Gasteiger partial charge in [0.1, 0.15) is 11.5 Å². The van der Waals surface area contributed by atoms with E-state index < -0.39 is 23.5 Å². The summed E-state index contributed by atoms with van der Waals surface area (Å²) in [6.45, 7) is 0.735. The third-order valence-corrected chi connectivity index (χ3v) is 10.4. The second kappa shape index (κ2) is 16.6. The molecule has 0 saturated carbocycles. The van der Waals surface area contributed by atoms with Crippen LogP contribution in [0, 0.1) is 0 Å². The Bertz CT molecular complexity index is 1920. The van der Waals surface area contributed by atoms with Crippen molar-refractivity contribution in [1.29, 1.82) is 0 Å². The van der Waals surface area contributed by atoms with E-state index in [1.807, 2.05) is 0 Å². The lowest BCUT2D eigenvalue weighted by molar-refractivity contribution is -0.226. The Morgan fingerprint density at radius 2 is 0.907 bits per heavy atom. The fourth-order valence-corrected chi connectivity index (χ4v) is 6.93. The maximum absolute atomic E-state index is 14.2. The van der Waals surface area contributed by atoms with Gasteiger partial charge >= 0.3 is 11.9 Å². The van der Waals surface area contributed by atoms with Crippen LogP contribution in [0.4, 0.5) is 0 Å². The van der Waals surface area contributed by atoms with Gasteiger partial charge in [0.2, 0.25) is 0 Å². The maximum Gasteiger partial charge on any atom is 0.421 e. The SMILES string of the molecule is COc1cc2c(cc1OC)C(OC(=O)C(=O)OC1(Oc3ccc(Cl)c(Cl)c3)CNCCc3cc(OC)c(OC)cc31)(Oc1ccc(Cl)c(Cl)c1)CNCC2. The molecule has 16 heteroatoms. The summed E-state index contributed by atoms with van der Waals surface area (Å²) in [6, 6.07) is 15.9. The molecule has 0 radical (unpaired) electrons. The third kappa shape index (κ3) is 8.05. The van der Waals surface area contributed by atoms with E-state index >= 15 is 0 Å². The van der Waals surface area contributed by atoms with Gasteiger partial charge in [-0.05, 0) is 85.6 Å². The number of carbonyl (C=O) groups excluding carboxylic acids is 2. The van der Waals surface area contributed by atoms with E-state index in [1.54, 1.807) is 36.4 Å². The predicted octanol–water partition coefficient (Wildman–Crippen LogP) is 6.88. The van der Waals surface area contributed by atoms with E-state index in [0.29, 0.717) is 71.2 Å². The summed E-state index contributed by atoms with van der Waals surface area (Å²) >= 11 is 25.1. The Labute approximate surface area is 331 Å². The second-order valence-electron chi connectivity index (χ2n) is 12.2. The quantitative estimate of drug-likeness (QED) is 0.0983. The van der Waals surface area contributed by atoms with Gasteiger partial charge < -0.3 is 48.5 Å². The van der Waals surface area contributed by atoms with Crippen LogP contribution in [0.25, 0.3) is 0 Å². The number of ether oxygens (including phenoxy) is 8. The molecule has 2 N–H and O–H groups in total. The van der Waals surface area contributed by atoms with Crippen LogP contribution in [-0.2, 0) is 43.5 Å². The van der Waals surface area contributed by atoms with Crippen LogP contribution in [0.5, 0.6) is 34.5 Å². The number of hydrogen-bond acceptors (Lipinski definition) is 12. The van der Waals surface area contributed by atoms with Crippen molar-refractivity contribution < 1.29 is 47.5 Å². The van der Waals surface area contributed by atoms with Gasteiger partial charge in [0.15, 0.2) is 23.0 Å². The number of rotatable bonds is 10. The predicted molar refractivity (Wildman–Crippen MR) is 202 cm³/mol. The summed E-state index contributed by atoms with van der Waals surface area (Å²) in [6.07, 6.45) is 0.969. The number of nitrogens with one attached hydrogen (secondary N) is 2. The minimum Gasteiger partial charge on any atom is -0.493 e. The lowest BCUT2D eigenvalue weighted by atomic mass is 9.96. The third-order valence-electron chi connectivity index (χ3n) is 8.93. The smallest absolute Gasteiger partial charge is 0.421 e. The van der Waals surface area contributed by atoms with Gasteiger partial charge in [0, 0.05) is 23.3 Å². The van der Waals surface area contributed by atoms with Crippen molar-refractivity contribution in [3.05, 3.63) is 103 Å². The Balaban J connectivity index is 1.45. The maximum atomic E-state index is 14.2. The highest BCUT2D eigenvalue weighted by molar-refractivity contribution is 6.42. The highest BCUT2D eigenvalue weighted by atomic mass is 35.5. The molecule has 2 atom stereocenters. The van der Waals surface area contributed by atoms with Crippen molar-refractivity contribution in [1.82, 2.24) is 10.6 Å². The highest BCUT2D eigenvalue weighted by Gasteiger charge is 2.49. The van der Waals surface area contributed by atoms with Crippen LogP contribution >= 0.6 is 46.4 Å². The lowest BCUT2D eigenvalue weighted by Crippen LogP contribution is -2.50. The van der Waals surface area contributed by atoms with E-state index in [4.69, 9.17) is 84.3 Å². The lowest BCUT2D eigenvalue weighted by Gasteiger charge is -2.36. The molecule has 2 aliphatic heterocycles. The Morgan fingerprint density at radius 1 is 0.537 bits per heavy atom. The van der Waals surface area contributed by atoms with Crippen LogP contribution in [0.15, 0.2) is 60.7 Å². The van der Waals surface area contributed by atoms with Gasteiger partial charge in [-0.25, -0.2) is 9.59 Å². The number of halogens is 4. The number of methoxy groups -OCH3 is 4. The number of carbonyl (C=O) groups is 2. The first kappa shape index (κ1) is 39.4. The largest absolute Gasteiger partial charge is 0.493 e. The summed E-state index contributed by atoms with van der Waals surface area (Å²) in [7, 11) is 5.97. The molecule has 54 heavy (non-hydrogen) atoms. The fraction of sp³-hybridized carbons (Fsp3) is 0.316. The molecule has 4 aromatic carbocycles. The normalized spacial score (nSPS) is 19.2. The monoisotopic (exact) mass is 820 g/mol. The summed E-state index contributed by atoms with van der Waals surface area (Å²) in [5.41, 5.74) is 2.16. The Kier molecular flexibility index (Phi) is 12.1. The molecule has 0 spiro atoms. The molecule has 4 aromatic rings. The highest BCUT2D eigenvalue weighted by Crippen LogP contribution is 2.43. The first-order valence-corrected chi connectivity index (χ1v) is 18.1. The molecule has 0 bridgehead atoms. The minimum absolute atomic E-state index is 0.0962. The van der Waals surface area contributed by atoms with Crippen molar-refractivity contribution >= 4 is 58.3 Å². The number of fused-ring (bicyclic) bond motifs is 2.